The van der Waals surface area contributed by atoms with E-state index >= 15 is 0 Å². The molecule has 0 saturated heterocycles. The van der Waals surface area contributed by atoms with Crippen molar-refractivity contribution in [3.05, 3.63) is 71.8 Å². The summed E-state index contributed by atoms with van der Waals surface area (Å²) in [6.45, 7) is 0. The molecule has 0 spiro atoms. The van der Waals surface area contributed by atoms with Gasteiger partial charge in [0.1, 0.15) is 11.3 Å². The van der Waals surface area contributed by atoms with Gasteiger partial charge >= 0.3 is 0 Å². The van der Waals surface area contributed by atoms with E-state index in [1.165, 1.54) is 11.8 Å². The van der Waals surface area contributed by atoms with Gasteiger partial charge in [0.25, 0.3) is 0 Å². The third-order valence-corrected chi connectivity index (χ3v) is 5.44. The number of hydrogen-bond acceptors (Lipinski definition) is 5. The van der Waals surface area contributed by atoms with Crippen LogP contribution in [-0.4, -0.2) is 23.8 Å². The zero-order chi connectivity index (χ0) is 20.2. The van der Waals surface area contributed by atoms with Crippen LogP contribution >= 0.6 is 23.4 Å². The molecule has 0 unspecified atom stereocenters. The molecule has 0 fully saturated rings. The number of halogens is 1. The number of methoxy groups -OCH3 is 1. The highest BCUT2D eigenvalue weighted by Gasteiger charge is 2.11. The summed E-state index contributed by atoms with van der Waals surface area (Å²) in [7, 11) is 1.62. The van der Waals surface area contributed by atoms with Crippen molar-refractivity contribution < 1.29 is 13.9 Å². The lowest BCUT2D eigenvalue weighted by atomic mass is 10.2. The van der Waals surface area contributed by atoms with Crippen LogP contribution in [0, 0.1) is 0 Å². The number of rotatable bonds is 6. The van der Waals surface area contributed by atoms with Gasteiger partial charge in [-0.1, -0.05) is 17.7 Å². The van der Waals surface area contributed by atoms with Gasteiger partial charge in [-0.3, -0.25) is 4.79 Å². The standard InChI is InChI=1S/C22H17ClN2O3S/c1-27-17-4-2-3-14(11-17)22-25-19-12-16(7-10-20(19)28-22)24-21(26)13-29-18-8-5-15(23)6-9-18/h2-12H,13H2,1H3,(H,24,26). The minimum Gasteiger partial charge on any atom is -0.497 e. The highest BCUT2D eigenvalue weighted by molar-refractivity contribution is 8.00. The first-order valence-electron chi connectivity index (χ1n) is 8.84. The predicted octanol–water partition coefficient (Wildman–Crippen LogP) is 5.89. The Kier molecular flexibility index (Phi) is 5.74. The van der Waals surface area contributed by atoms with Crippen LogP contribution in [0.4, 0.5) is 5.69 Å². The molecule has 1 heterocycles. The van der Waals surface area contributed by atoms with Crippen molar-refractivity contribution in [2.45, 2.75) is 4.90 Å². The average Bonchev–Trinajstić information content (AvgIpc) is 3.17. The largest absolute Gasteiger partial charge is 0.497 e. The molecule has 3 aromatic carbocycles. The van der Waals surface area contributed by atoms with E-state index in [2.05, 4.69) is 10.3 Å². The Hall–Kier alpha value is -2.96. The fraction of sp³-hybridized carbons (Fsp3) is 0.0909. The van der Waals surface area contributed by atoms with Gasteiger partial charge in [-0.2, -0.15) is 0 Å². The van der Waals surface area contributed by atoms with Crippen molar-refractivity contribution in [3.63, 3.8) is 0 Å². The molecule has 1 N–H and O–H groups in total. The van der Waals surface area contributed by atoms with Gasteiger partial charge < -0.3 is 14.5 Å². The van der Waals surface area contributed by atoms with Crippen LogP contribution in [-0.2, 0) is 4.79 Å². The molecule has 0 aliphatic rings. The van der Waals surface area contributed by atoms with Crippen LogP contribution in [0.25, 0.3) is 22.6 Å². The molecule has 4 rings (SSSR count). The van der Waals surface area contributed by atoms with Gasteiger partial charge in [0.15, 0.2) is 5.58 Å². The van der Waals surface area contributed by atoms with E-state index in [1.807, 2.05) is 36.4 Å². The van der Waals surface area contributed by atoms with E-state index in [1.54, 1.807) is 37.4 Å². The van der Waals surface area contributed by atoms with E-state index in [9.17, 15) is 4.79 Å². The monoisotopic (exact) mass is 424 g/mol. The topological polar surface area (TPSA) is 64.4 Å². The molecule has 7 heteroatoms. The number of hydrogen-bond donors (Lipinski definition) is 1. The Morgan fingerprint density at radius 3 is 2.76 bits per heavy atom. The van der Waals surface area contributed by atoms with Crippen LogP contribution in [0.3, 0.4) is 0 Å². The molecule has 0 saturated carbocycles. The van der Waals surface area contributed by atoms with Crippen molar-refractivity contribution in [3.8, 4) is 17.2 Å². The molecule has 4 aromatic rings. The van der Waals surface area contributed by atoms with Gasteiger partial charge in [0.2, 0.25) is 11.8 Å². The van der Waals surface area contributed by atoms with Crippen LogP contribution in [0.2, 0.25) is 5.02 Å². The van der Waals surface area contributed by atoms with E-state index in [0.29, 0.717) is 33.5 Å². The number of oxazole rings is 1. The van der Waals surface area contributed by atoms with Crippen molar-refractivity contribution in [2.75, 3.05) is 18.2 Å². The van der Waals surface area contributed by atoms with E-state index in [-0.39, 0.29) is 5.91 Å². The molecule has 0 atom stereocenters. The highest BCUT2D eigenvalue weighted by atomic mass is 35.5. The number of thioether (sulfide) groups is 1. The minimum atomic E-state index is -0.0965. The number of amides is 1. The number of nitrogens with one attached hydrogen (secondary N) is 1. The Bertz CT molecular complexity index is 1160. The summed E-state index contributed by atoms with van der Waals surface area (Å²) in [5.74, 6) is 1.44. The van der Waals surface area contributed by atoms with Crippen molar-refractivity contribution >= 4 is 46.1 Å². The third-order valence-electron chi connectivity index (χ3n) is 4.17. The molecule has 0 bridgehead atoms. The number of carbonyl (C=O) groups excluding carboxylic acids is 1. The predicted molar refractivity (Wildman–Crippen MR) is 117 cm³/mol. The maximum absolute atomic E-state index is 12.3. The molecular formula is C22H17ClN2O3S. The van der Waals surface area contributed by atoms with Crippen molar-refractivity contribution in [2.24, 2.45) is 0 Å². The number of aromatic nitrogens is 1. The maximum Gasteiger partial charge on any atom is 0.234 e. The molecule has 0 aliphatic heterocycles. The van der Waals surface area contributed by atoms with Crippen LogP contribution < -0.4 is 10.1 Å². The number of anilines is 1. The molecule has 1 aromatic heterocycles. The van der Waals surface area contributed by atoms with E-state index in [4.69, 9.17) is 20.8 Å². The SMILES string of the molecule is COc1cccc(-c2nc3cc(NC(=O)CSc4ccc(Cl)cc4)ccc3o2)c1. The second kappa shape index (κ2) is 8.59. The molecule has 0 radical (unpaired) electrons. The first-order chi connectivity index (χ1) is 14.1. The first kappa shape index (κ1) is 19.4. The lowest BCUT2D eigenvalue weighted by molar-refractivity contribution is -0.113. The summed E-state index contributed by atoms with van der Waals surface area (Å²) >= 11 is 7.33. The molecule has 5 nitrogen and oxygen atoms in total. The molecule has 29 heavy (non-hydrogen) atoms. The summed E-state index contributed by atoms with van der Waals surface area (Å²) in [6, 6.07) is 20.3. The zero-order valence-electron chi connectivity index (χ0n) is 15.5. The Labute approximate surface area is 177 Å². The number of carbonyl (C=O) groups is 1. The summed E-state index contributed by atoms with van der Waals surface area (Å²) in [5, 5.41) is 3.57. The van der Waals surface area contributed by atoms with Crippen molar-refractivity contribution in [1.29, 1.82) is 0 Å². The zero-order valence-corrected chi connectivity index (χ0v) is 17.1. The van der Waals surface area contributed by atoms with Gasteiger partial charge in [-0.15, -0.1) is 11.8 Å². The lowest BCUT2D eigenvalue weighted by Gasteiger charge is -2.05. The summed E-state index contributed by atoms with van der Waals surface area (Å²) in [4.78, 5) is 17.8. The van der Waals surface area contributed by atoms with Crippen LogP contribution in [0.15, 0.2) is 76.0 Å². The Balaban J connectivity index is 1.45. The van der Waals surface area contributed by atoms with Crippen LogP contribution in [0.5, 0.6) is 5.75 Å². The second-order valence-electron chi connectivity index (χ2n) is 6.22. The fourth-order valence-electron chi connectivity index (χ4n) is 2.76. The van der Waals surface area contributed by atoms with Crippen molar-refractivity contribution in [1.82, 2.24) is 4.98 Å². The van der Waals surface area contributed by atoms with Gasteiger partial charge in [-0.25, -0.2) is 4.98 Å². The van der Waals surface area contributed by atoms with Crippen LogP contribution in [0.1, 0.15) is 0 Å². The number of nitrogens with zero attached hydrogens (tertiary/aromatic N) is 1. The second-order valence-corrected chi connectivity index (χ2v) is 7.71. The fourth-order valence-corrected chi connectivity index (χ4v) is 3.59. The maximum atomic E-state index is 12.3. The Morgan fingerprint density at radius 1 is 1.14 bits per heavy atom. The van der Waals surface area contributed by atoms with Gasteiger partial charge in [-0.05, 0) is 60.7 Å². The normalized spacial score (nSPS) is 10.8. The van der Waals surface area contributed by atoms with E-state index < -0.39 is 0 Å². The smallest absolute Gasteiger partial charge is 0.234 e. The minimum absolute atomic E-state index is 0.0965. The average molecular weight is 425 g/mol. The van der Waals surface area contributed by atoms with E-state index in [0.717, 1.165) is 16.2 Å². The third kappa shape index (κ3) is 4.72. The number of benzene rings is 3. The quantitative estimate of drug-likeness (QED) is 0.391. The van der Waals surface area contributed by atoms with Gasteiger partial charge in [0.05, 0.1) is 12.9 Å². The summed E-state index contributed by atoms with van der Waals surface area (Å²) < 4.78 is 11.1. The number of ether oxygens (including phenoxy) is 1. The first-order valence-corrected chi connectivity index (χ1v) is 10.2. The summed E-state index contributed by atoms with van der Waals surface area (Å²) in [5.41, 5.74) is 2.82. The molecular weight excluding hydrogens is 408 g/mol. The highest BCUT2D eigenvalue weighted by Crippen LogP contribution is 2.28. The molecule has 146 valence electrons. The summed E-state index contributed by atoms with van der Waals surface area (Å²) in [6.07, 6.45) is 0. The Morgan fingerprint density at radius 2 is 1.97 bits per heavy atom. The molecule has 0 aliphatic carbocycles. The lowest BCUT2D eigenvalue weighted by Crippen LogP contribution is -2.13. The van der Waals surface area contributed by atoms with Gasteiger partial charge in [0, 0.05) is 21.2 Å². The number of fused-ring (bicyclic) bond motifs is 1. The molecule has 1 amide bonds.